The van der Waals surface area contributed by atoms with Gasteiger partial charge in [0.15, 0.2) is 5.78 Å². The molecule has 1 saturated heterocycles. The molecule has 1 N–H and O–H groups in total. The highest BCUT2D eigenvalue weighted by atomic mass is 16.6. The van der Waals surface area contributed by atoms with E-state index in [2.05, 4.69) is 0 Å². The summed E-state index contributed by atoms with van der Waals surface area (Å²) in [5.74, 6) is -0.511. The molecular weight excluding hydrogens is 244 g/mol. The van der Waals surface area contributed by atoms with Crippen LogP contribution in [-0.2, 0) is 14.3 Å². The number of hydrogen-bond donors (Lipinski definition) is 1. The number of esters is 1. The van der Waals surface area contributed by atoms with Crippen molar-refractivity contribution in [2.24, 2.45) is 23.2 Å². The molecule has 2 unspecified atom stereocenters. The Kier molecular flexibility index (Phi) is 2.50. The van der Waals surface area contributed by atoms with Crippen molar-refractivity contribution >= 4 is 11.8 Å². The molecule has 2 aliphatic carbocycles. The lowest BCUT2D eigenvalue weighted by Crippen LogP contribution is -2.59. The molecule has 6 atom stereocenters. The minimum atomic E-state index is -1.10. The number of ketones is 1. The van der Waals surface area contributed by atoms with E-state index in [1.54, 1.807) is 13.0 Å². The summed E-state index contributed by atoms with van der Waals surface area (Å²) in [6.07, 6.45) is 4.21. The highest BCUT2D eigenvalue weighted by molar-refractivity contribution is 5.96. The number of hydrogen-bond acceptors (Lipinski definition) is 4. The Labute approximate surface area is 112 Å². The zero-order valence-electron chi connectivity index (χ0n) is 11.6. The smallest absolute Gasteiger partial charge is 0.309 e. The third-order valence-electron chi connectivity index (χ3n) is 5.46. The highest BCUT2D eigenvalue weighted by Crippen LogP contribution is 2.56. The van der Waals surface area contributed by atoms with Gasteiger partial charge in [-0.05, 0) is 31.9 Å². The molecule has 2 fully saturated rings. The maximum Gasteiger partial charge on any atom is 0.309 e. The molecule has 3 rings (SSSR count). The molecule has 1 aliphatic heterocycles. The first kappa shape index (κ1) is 12.9. The van der Waals surface area contributed by atoms with Gasteiger partial charge in [0.1, 0.15) is 6.10 Å². The molecule has 19 heavy (non-hydrogen) atoms. The van der Waals surface area contributed by atoms with Crippen LogP contribution in [0.25, 0.3) is 0 Å². The van der Waals surface area contributed by atoms with E-state index in [-0.39, 0.29) is 35.6 Å². The second-order valence-corrected chi connectivity index (χ2v) is 6.71. The molecule has 0 aromatic carbocycles. The van der Waals surface area contributed by atoms with Crippen molar-refractivity contribution < 1.29 is 19.4 Å². The van der Waals surface area contributed by atoms with E-state index in [1.807, 2.05) is 13.8 Å². The van der Waals surface area contributed by atoms with Crippen LogP contribution in [0, 0.1) is 23.2 Å². The third kappa shape index (κ3) is 1.55. The average Bonchev–Trinajstić information content (AvgIpc) is 2.60. The summed E-state index contributed by atoms with van der Waals surface area (Å²) in [6, 6.07) is 0. The summed E-state index contributed by atoms with van der Waals surface area (Å²) < 4.78 is 5.51. The van der Waals surface area contributed by atoms with Gasteiger partial charge in [0.05, 0.1) is 11.5 Å². The first-order valence-electron chi connectivity index (χ1n) is 6.94. The summed E-state index contributed by atoms with van der Waals surface area (Å²) in [6.45, 7) is 5.48. The van der Waals surface area contributed by atoms with E-state index in [1.165, 1.54) is 6.08 Å². The first-order valence-corrected chi connectivity index (χ1v) is 6.94. The molecule has 1 saturated carbocycles. The molecule has 0 amide bonds. The summed E-state index contributed by atoms with van der Waals surface area (Å²) in [7, 11) is 0. The Morgan fingerprint density at radius 2 is 2.05 bits per heavy atom. The molecule has 1 heterocycles. The third-order valence-corrected chi connectivity index (χ3v) is 5.46. The van der Waals surface area contributed by atoms with E-state index in [9.17, 15) is 14.7 Å². The predicted molar refractivity (Wildman–Crippen MR) is 68.1 cm³/mol. The second kappa shape index (κ2) is 3.69. The predicted octanol–water partition coefficient (Wildman–Crippen LogP) is 1.47. The number of allylic oxidation sites excluding steroid dienone is 1. The second-order valence-electron chi connectivity index (χ2n) is 6.71. The lowest BCUT2D eigenvalue weighted by Gasteiger charge is -2.52. The Morgan fingerprint density at radius 1 is 1.37 bits per heavy atom. The van der Waals surface area contributed by atoms with Gasteiger partial charge in [-0.15, -0.1) is 0 Å². The van der Waals surface area contributed by atoms with Crippen LogP contribution in [-0.4, -0.2) is 28.6 Å². The van der Waals surface area contributed by atoms with Crippen LogP contribution in [0.5, 0.6) is 0 Å². The van der Waals surface area contributed by atoms with Gasteiger partial charge in [-0.1, -0.05) is 13.8 Å². The maximum atomic E-state index is 12.3. The lowest BCUT2D eigenvalue weighted by atomic mass is 9.53. The normalized spacial score (nSPS) is 52.6. The zero-order valence-corrected chi connectivity index (χ0v) is 11.6. The molecule has 0 aromatic rings. The largest absolute Gasteiger partial charge is 0.461 e. The minimum Gasteiger partial charge on any atom is -0.461 e. The van der Waals surface area contributed by atoms with Gasteiger partial charge >= 0.3 is 5.97 Å². The number of ether oxygens (including phenoxy) is 1. The summed E-state index contributed by atoms with van der Waals surface area (Å²) >= 11 is 0. The van der Waals surface area contributed by atoms with Crippen LogP contribution < -0.4 is 0 Å². The molecule has 4 heteroatoms. The van der Waals surface area contributed by atoms with E-state index in [4.69, 9.17) is 4.74 Å². The Bertz CT molecular complexity index is 479. The fourth-order valence-electron chi connectivity index (χ4n) is 4.29. The first-order chi connectivity index (χ1) is 8.77. The van der Waals surface area contributed by atoms with Crippen LogP contribution in [0.1, 0.15) is 33.6 Å². The topological polar surface area (TPSA) is 63.6 Å². The van der Waals surface area contributed by atoms with E-state index in [0.717, 1.165) is 6.42 Å². The molecular formula is C15H20O4. The number of aliphatic hydroxyl groups is 1. The van der Waals surface area contributed by atoms with E-state index in [0.29, 0.717) is 6.42 Å². The molecule has 104 valence electrons. The Morgan fingerprint density at radius 3 is 2.74 bits per heavy atom. The highest BCUT2D eigenvalue weighted by Gasteiger charge is 2.62. The fourth-order valence-corrected chi connectivity index (χ4v) is 4.29. The van der Waals surface area contributed by atoms with E-state index < -0.39 is 11.0 Å². The van der Waals surface area contributed by atoms with Gasteiger partial charge in [-0.2, -0.15) is 0 Å². The van der Waals surface area contributed by atoms with Crippen LogP contribution in [0.3, 0.4) is 0 Å². The standard InChI is InChI=1S/C15H20O4/c1-8-9-4-6-14(2)10(16)5-7-15(3,18)12(14)11(9)19-13(8)17/h5,7-9,11-12,18H,4,6H2,1-3H3/t8?,9?,11-,12+,14-,15+/m0/s1. The maximum absolute atomic E-state index is 12.3. The molecule has 0 spiro atoms. The van der Waals surface area contributed by atoms with Gasteiger partial charge in [0.2, 0.25) is 0 Å². The van der Waals surface area contributed by atoms with Crippen molar-refractivity contribution in [1.29, 1.82) is 0 Å². The number of rotatable bonds is 0. The van der Waals surface area contributed by atoms with Crippen molar-refractivity contribution in [3.8, 4) is 0 Å². The van der Waals surface area contributed by atoms with Crippen LogP contribution in [0.2, 0.25) is 0 Å². The van der Waals surface area contributed by atoms with Gasteiger partial charge < -0.3 is 9.84 Å². The van der Waals surface area contributed by atoms with Crippen LogP contribution >= 0.6 is 0 Å². The molecule has 3 aliphatic rings. The van der Waals surface area contributed by atoms with Gasteiger partial charge in [0, 0.05) is 17.3 Å². The number of carbonyl (C=O) groups is 2. The van der Waals surface area contributed by atoms with Crippen molar-refractivity contribution in [2.75, 3.05) is 0 Å². The van der Waals surface area contributed by atoms with Gasteiger partial charge in [0.25, 0.3) is 0 Å². The van der Waals surface area contributed by atoms with Crippen molar-refractivity contribution in [3.05, 3.63) is 12.2 Å². The van der Waals surface area contributed by atoms with Gasteiger partial charge in [-0.3, -0.25) is 9.59 Å². The summed E-state index contributed by atoms with van der Waals surface area (Å²) in [4.78, 5) is 24.1. The van der Waals surface area contributed by atoms with Crippen molar-refractivity contribution in [1.82, 2.24) is 0 Å². The lowest BCUT2D eigenvalue weighted by molar-refractivity contribution is -0.167. The molecule has 0 bridgehead atoms. The monoisotopic (exact) mass is 264 g/mol. The number of carbonyl (C=O) groups excluding carboxylic acids is 2. The quantitative estimate of drug-likeness (QED) is 0.673. The molecule has 0 radical (unpaired) electrons. The van der Waals surface area contributed by atoms with Crippen molar-refractivity contribution in [2.45, 2.75) is 45.3 Å². The zero-order chi connectivity index (χ0) is 14.0. The van der Waals surface area contributed by atoms with Crippen LogP contribution in [0.4, 0.5) is 0 Å². The fraction of sp³-hybridized carbons (Fsp3) is 0.733. The average molecular weight is 264 g/mol. The summed E-state index contributed by atoms with van der Waals surface area (Å²) in [5, 5.41) is 10.6. The van der Waals surface area contributed by atoms with Gasteiger partial charge in [-0.25, -0.2) is 0 Å². The molecule has 0 aromatic heterocycles. The molecule has 4 nitrogen and oxygen atoms in total. The number of fused-ring (bicyclic) bond motifs is 3. The van der Waals surface area contributed by atoms with Crippen molar-refractivity contribution in [3.63, 3.8) is 0 Å². The minimum absolute atomic E-state index is 0.0399. The Hall–Kier alpha value is -1.16. The summed E-state index contributed by atoms with van der Waals surface area (Å²) in [5.41, 5.74) is -1.72. The van der Waals surface area contributed by atoms with Crippen LogP contribution in [0.15, 0.2) is 12.2 Å². The SMILES string of the molecule is CC1C(=O)O[C@H]2C1CC[C@@]1(C)C(=O)C=C[C@@](C)(O)[C@H]21. The van der Waals surface area contributed by atoms with E-state index >= 15 is 0 Å². The Balaban J connectivity index is 2.07.